The van der Waals surface area contributed by atoms with Crippen LogP contribution in [0.5, 0.6) is 0 Å². The van der Waals surface area contributed by atoms with Gasteiger partial charge in [-0.15, -0.1) is 0 Å². The summed E-state index contributed by atoms with van der Waals surface area (Å²) in [7, 11) is 0. The first-order valence-electron chi connectivity index (χ1n) is 3.92. The molecule has 2 N–H and O–H groups in total. The number of hydrogen-bond acceptors (Lipinski definition) is 3. The van der Waals surface area contributed by atoms with E-state index in [1.165, 1.54) is 12.8 Å². The largest absolute Gasteiger partial charge is 0.375 e. The molecule has 0 aromatic rings. The molecule has 3 heteroatoms. The Morgan fingerprint density at radius 1 is 1.50 bits per heavy atom. The minimum Gasteiger partial charge on any atom is -0.375 e. The Hall–Kier alpha value is -0.120. The number of nitrogens with one attached hydrogen (secondary N) is 1. The van der Waals surface area contributed by atoms with Crippen LogP contribution in [0.4, 0.5) is 0 Å². The SMILES string of the molecule is ONCC1CC2CCC1O2. The normalized spacial score (nSPS) is 44.7. The summed E-state index contributed by atoms with van der Waals surface area (Å²) in [5, 5.41) is 8.45. The lowest BCUT2D eigenvalue weighted by Crippen LogP contribution is -2.27. The molecular weight excluding hydrogens is 130 g/mol. The first kappa shape index (κ1) is 6.58. The van der Waals surface area contributed by atoms with Crippen LogP contribution in [0, 0.1) is 5.92 Å². The van der Waals surface area contributed by atoms with Crippen LogP contribution in [-0.4, -0.2) is 24.0 Å². The zero-order chi connectivity index (χ0) is 6.97. The van der Waals surface area contributed by atoms with Crippen LogP contribution in [0.2, 0.25) is 0 Å². The fraction of sp³-hybridized carbons (Fsp3) is 1.00. The number of rotatable bonds is 2. The van der Waals surface area contributed by atoms with E-state index in [1.54, 1.807) is 0 Å². The molecule has 0 aliphatic carbocycles. The van der Waals surface area contributed by atoms with Crippen LogP contribution < -0.4 is 5.48 Å². The highest BCUT2D eigenvalue weighted by Crippen LogP contribution is 2.38. The molecule has 0 aromatic carbocycles. The van der Waals surface area contributed by atoms with Gasteiger partial charge in [0, 0.05) is 12.5 Å². The summed E-state index contributed by atoms with van der Waals surface area (Å²) in [6.45, 7) is 0.696. The van der Waals surface area contributed by atoms with Gasteiger partial charge in [0.15, 0.2) is 0 Å². The predicted molar refractivity (Wildman–Crippen MR) is 35.8 cm³/mol. The molecule has 2 bridgehead atoms. The number of hydrogen-bond donors (Lipinski definition) is 2. The van der Waals surface area contributed by atoms with Gasteiger partial charge in [-0.1, -0.05) is 0 Å². The van der Waals surface area contributed by atoms with Crippen molar-refractivity contribution < 1.29 is 9.94 Å². The second-order valence-corrected chi connectivity index (χ2v) is 3.23. The van der Waals surface area contributed by atoms with Crippen molar-refractivity contribution in [3.8, 4) is 0 Å². The third-order valence-corrected chi connectivity index (χ3v) is 2.59. The Labute approximate surface area is 60.3 Å². The molecule has 0 aromatic heterocycles. The molecule has 2 heterocycles. The molecule has 3 nitrogen and oxygen atoms in total. The lowest BCUT2D eigenvalue weighted by molar-refractivity contribution is 0.0796. The first-order valence-corrected chi connectivity index (χ1v) is 3.92. The van der Waals surface area contributed by atoms with Crippen molar-refractivity contribution in [1.82, 2.24) is 5.48 Å². The van der Waals surface area contributed by atoms with Crippen molar-refractivity contribution in [2.45, 2.75) is 31.5 Å². The first-order chi connectivity index (χ1) is 4.90. The van der Waals surface area contributed by atoms with Gasteiger partial charge in [-0.3, -0.25) is 0 Å². The molecule has 2 fully saturated rings. The Bertz CT molecular complexity index is 129. The lowest BCUT2D eigenvalue weighted by Gasteiger charge is -2.16. The molecule has 58 valence electrons. The fourth-order valence-electron chi connectivity index (χ4n) is 2.08. The van der Waals surface area contributed by atoms with Gasteiger partial charge in [-0.2, -0.15) is 0 Å². The lowest BCUT2D eigenvalue weighted by atomic mass is 9.89. The molecule has 0 spiro atoms. The summed E-state index contributed by atoms with van der Waals surface area (Å²) in [5.74, 6) is 0.559. The van der Waals surface area contributed by atoms with E-state index in [0.29, 0.717) is 24.7 Å². The van der Waals surface area contributed by atoms with Gasteiger partial charge < -0.3 is 9.94 Å². The quantitative estimate of drug-likeness (QED) is 0.554. The van der Waals surface area contributed by atoms with Crippen molar-refractivity contribution >= 4 is 0 Å². The van der Waals surface area contributed by atoms with Crippen molar-refractivity contribution in [2.75, 3.05) is 6.54 Å². The van der Waals surface area contributed by atoms with E-state index < -0.39 is 0 Å². The highest BCUT2D eigenvalue weighted by molar-refractivity contribution is 4.89. The zero-order valence-corrected chi connectivity index (χ0v) is 5.92. The summed E-state index contributed by atoms with van der Waals surface area (Å²) in [4.78, 5) is 0. The molecule has 2 aliphatic rings. The zero-order valence-electron chi connectivity index (χ0n) is 5.92. The maximum absolute atomic E-state index is 8.45. The van der Waals surface area contributed by atoms with Crippen molar-refractivity contribution in [1.29, 1.82) is 0 Å². The van der Waals surface area contributed by atoms with E-state index in [-0.39, 0.29) is 0 Å². The van der Waals surface area contributed by atoms with E-state index >= 15 is 0 Å². The van der Waals surface area contributed by atoms with Gasteiger partial charge >= 0.3 is 0 Å². The highest BCUT2D eigenvalue weighted by Gasteiger charge is 2.40. The van der Waals surface area contributed by atoms with Gasteiger partial charge in [0.2, 0.25) is 0 Å². The van der Waals surface area contributed by atoms with Gasteiger partial charge in [0.25, 0.3) is 0 Å². The maximum atomic E-state index is 8.45. The Kier molecular flexibility index (Phi) is 1.64. The third-order valence-electron chi connectivity index (χ3n) is 2.59. The molecule has 0 amide bonds. The smallest absolute Gasteiger partial charge is 0.0622 e. The van der Waals surface area contributed by atoms with Crippen molar-refractivity contribution in [3.05, 3.63) is 0 Å². The van der Waals surface area contributed by atoms with Crippen LogP contribution in [0.3, 0.4) is 0 Å². The third kappa shape index (κ3) is 0.944. The minimum atomic E-state index is 0.435. The number of hydroxylamine groups is 1. The van der Waals surface area contributed by atoms with Gasteiger partial charge in [-0.05, 0) is 19.3 Å². The molecule has 2 aliphatic heterocycles. The van der Waals surface area contributed by atoms with Crippen LogP contribution in [-0.2, 0) is 4.74 Å². The van der Waals surface area contributed by atoms with Crippen molar-refractivity contribution in [2.24, 2.45) is 5.92 Å². The summed E-state index contributed by atoms with van der Waals surface area (Å²) in [6.07, 6.45) is 4.50. The van der Waals surface area contributed by atoms with Gasteiger partial charge in [0.05, 0.1) is 12.2 Å². The van der Waals surface area contributed by atoms with E-state index in [1.807, 2.05) is 0 Å². The molecule has 0 radical (unpaired) electrons. The topological polar surface area (TPSA) is 41.5 Å². The summed E-state index contributed by atoms with van der Waals surface area (Å²) in [6, 6.07) is 0. The Morgan fingerprint density at radius 2 is 2.40 bits per heavy atom. The number of fused-ring (bicyclic) bond motifs is 2. The average Bonchev–Trinajstić information content (AvgIpc) is 2.48. The fourth-order valence-corrected chi connectivity index (χ4v) is 2.08. The minimum absolute atomic E-state index is 0.435. The van der Waals surface area contributed by atoms with E-state index in [2.05, 4.69) is 5.48 Å². The van der Waals surface area contributed by atoms with Crippen LogP contribution in [0.25, 0.3) is 0 Å². The second-order valence-electron chi connectivity index (χ2n) is 3.23. The molecular formula is C7H13NO2. The molecule has 3 atom stereocenters. The molecule has 2 saturated heterocycles. The molecule has 0 saturated carbocycles. The monoisotopic (exact) mass is 143 g/mol. The predicted octanol–water partition coefficient (Wildman–Crippen LogP) is 0.533. The van der Waals surface area contributed by atoms with Gasteiger partial charge in [0.1, 0.15) is 0 Å². The molecule has 3 unspecified atom stereocenters. The number of ether oxygens (including phenoxy) is 1. The average molecular weight is 143 g/mol. The summed E-state index contributed by atoms with van der Waals surface area (Å²) < 4.78 is 5.59. The maximum Gasteiger partial charge on any atom is 0.0622 e. The van der Waals surface area contributed by atoms with E-state index in [9.17, 15) is 0 Å². The van der Waals surface area contributed by atoms with Crippen LogP contribution >= 0.6 is 0 Å². The van der Waals surface area contributed by atoms with Gasteiger partial charge in [-0.25, -0.2) is 5.48 Å². The van der Waals surface area contributed by atoms with Crippen LogP contribution in [0.15, 0.2) is 0 Å². The van der Waals surface area contributed by atoms with E-state index in [4.69, 9.17) is 9.94 Å². The second kappa shape index (κ2) is 2.49. The Balaban J connectivity index is 1.90. The molecule has 10 heavy (non-hydrogen) atoms. The Morgan fingerprint density at radius 3 is 2.90 bits per heavy atom. The van der Waals surface area contributed by atoms with Crippen LogP contribution in [0.1, 0.15) is 19.3 Å². The van der Waals surface area contributed by atoms with E-state index in [0.717, 1.165) is 6.42 Å². The van der Waals surface area contributed by atoms with Crippen molar-refractivity contribution in [3.63, 3.8) is 0 Å². The summed E-state index contributed by atoms with van der Waals surface area (Å²) >= 11 is 0. The molecule has 2 rings (SSSR count). The highest BCUT2D eigenvalue weighted by atomic mass is 16.5. The summed E-state index contributed by atoms with van der Waals surface area (Å²) in [5.41, 5.74) is 2.21. The standard InChI is InChI=1S/C7H13NO2/c9-8-4-5-3-6-1-2-7(5)10-6/h5-9H,1-4H2.